The van der Waals surface area contributed by atoms with Gasteiger partial charge in [0.05, 0.1) is 29.8 Å². The average Bonchev–Trinajstić information content (AvgIpc) is 3.25. The van der Waals surface area contributed by atoms with Crippen molar-refractivity contribution in [1.82, 2.24) is 9.58 Å². The third-order valence-corrected chi connectivity index (χ3v) is 6.56. The Morgan fingerprint density at radius 2 is 2.10 bits per heavy atom. The number of carbonyl (C=O) groups excluding carboxylic acids is 1. The third-order valence-electron chi connectivity index (χ3n) is 5.60. The van der Waals surface area contributed by atoms with Crippen LogP contribution < -0.4 is 16.1 Å². The molecule has 5 rings (SSSR count). The van der Waals surface area contributed by atoms with Crippen LogP contribution in [0.5, 0.6) is 0 Å². The van der Waals surface area contributed by atoms with Gasteiger partial charge in [-0.15, -0.1) is 11.3 Å². The predicted octanol–water partition coefficient (Wildman–Crippen LogP) is 1.89. The van der Waals surface area contributed by atoms with Gasteiger partial charge in [0, 0.05) is 25.1 Å². The Morgan fingerprint density at radius 3 is 2.90 bits per heavy atom. The van der Waals surface area contributed by atoms with Gasteiger partial charge >= 0.3 is 0 Å². The molecule has 0 bridgehead atoms. The van der Waals surface area contributed by atoms with Crippen LogP contribution in [0, 0.1) is 0 Å². The molecule has 2 aliphatic heterocycles. The highest BCUT2D eigenvalue weighted by Gasteiger charge is 2.27. The molecule has 2 aliphatic rings. The zero-order valence-corrected chi connectivity index (χ0v) is 17.0. The number of ether oxygens (including phenoxy) is 1. The maximum atomic E-state index is 13.3. The number of amides is 1. The summed E-state index contributed by atoms with van der Waals surface area (Å²) in [6, 6.07) is 13.6. The fourth-order valence-electron chi connectivity index (χ4n) is 4.15. The molecule has 154 valence electrons. The van der Waals surface area contributed by atoms with Crippen molar-refractivity contribution in [2.24, 2.45) is 0 Å². The maximum absolute atomic E-state index is 13.3. The SMILES string of the molecule is O=C([O-])N1CCOC(Cc2cc(-c3ccccc3)c(=O)n3c2-c2sccc2CN3)C1. The van der Waals surface area contributed by atoms with Crippen LogP contribution >= 0.6 is 11.3 Å². The highest BCUT2D eigenvalue weighted by molar-refractivity contribution is 7.13. The van der Waals surface area contributed by atoms with E-state index in [1.54, 1.807) is 16.0 Å². The lowest BCUT2D eigenvalue weighted by molar-refractivity contribution is -0.269. The molecule has 1 saturated heterocycles. The highest BCUT2D eigenvalue weighted by atomic mass is 32.1. The number of nitrogens with zero attached hydrogens (tertiary/aromatic N) is 2. The summed E-state index contributed by atoms with van der Waals surface area (Å²) in [5, 5.41) is 13.3. The Morgan fingerprint density at radius 1 is 1.27 bits per heavy atom. The van der Waals surface area contributed by atoms with Gasteiger partial charge in [-0.2, -0.15) is 0 Å². The van der Waals surface area contributed by atoms with Gasteiger partial charge in [0.2, 0.25) is 0 Å². The quantitative estimate of drug-likeness (QED) is 0.697. The minimum Gasteiger partial charge on any atom is -0.530 e. The first-order chi connectivity index (χ1) is 14.6. The second kappa shape index (κ2) is 7.62. The molecule has 8 heteroatoms. The number of rotatable bonds is 3. The largest absolute Gasteiger partial charge is 0.530 e. The molecule has 1 unspecified atom stereocenters. The Bertz CT molecular complexity index is 1150. The van der Waals surface area contributed by atoms with Crippen LogP contribution in [0.1, 0.15) is 11.1 Å². The normalized spacial score (nSPS) is 17.7. The highest BCUT2D eigenvalue weighted by Crippen LogP contribution is 2.36. The lowest BCUT2D eigenvalue weighted by Crippen LogP contribution is -2.51. The minimum atomic E-state index is -1.18. The van der Waals surface area contributed by atoms with Gasteiger partial charge in [0.1, 0.15) is 6.09 Å². The lowest BCUT2D eigenvalue weighted by atomic mass is 9.97. The van der Waals surface area contributed by atoms with Crippen LogP contribution in [0.15, 0.2) is 52.6 Å². The molecule has 0 aliphatic carbocycles. The van der Waals surface area contributed by atoms with Crippen molar-refractivity contribution in [3.8, 4) is 21.7 Å². The van der Waals surface area contributed by atoms with Gasteiger partial charge < -0.3 is 25.0 Å². The van der Waals surface area contributed by atoms with Crippen molar-refractivity contribution in [1.29, 1.82) is 0 Å². The number of aromatic nitrogens is 1. The van der Waals surface area contributed by atoms with Gasteiger partial charge in [0.15, 0.2) is 0 Å². The number of carbonyl (C=O) groups is 1. The van der Waals surface area contributed by atoms with Crippen LogP contribution in [0.3, 0.4) is 0 Å². The van der Waals surface area contributed by atoms with Crippen LogP contribution in [0.2, 0.25) is 0 Å². The number of hydrogen-bond acceptors (Lipinski definition) is 6. The molecule has 7 nitrogen and oxygen atoms in total. The van der Waals surface area contributed by atoms with E-state index in [2.05, 4.69) is 11.5 Å². The number of carboxylic acid groups (broad SMARTS) is 1. The van der Waals surface area contributed by atoms with Crippen molar-refractivity contribution in [3.63, 3.8) is 0 Å². The second-order valence-electron chi connectivity index (χ2n) is 7.46. The summed E-state index contributed by atoms with van der Waals surface area (Å²) >= 11 is 1.60. The Balaban J connectivity index is 1.62. The Labute approximate surface area is 177 Å². The molecule has 4 heterocycles. The Hall–Kier alpha value is -3.10. The number of thiophene rings is 1. The van der Waals surface area contributed by atoms with Crippen LogP contribution in [0.25, 0.3) is 21.7 Å². The lowest BCUT2D eigenvalue weighted by Gasteiger charge is -2.35. The third kappa shape index (κ3) is 3.28. The topological polar surface area (TPSA) is 86.6 Å². The van der Waals surface area contributed by atoms with Crippen molar-refractivity contribution in [3.05, 3.63) is 69.3 Å². The zero-order valence-electron chi connectivity index (χ0n) is 16.2. The molecule has 0 radical (unpaired) electrons. The van der Waals surface area contributed by atoms with Gasteiger partial charge in [-0.25, -0.2) is 4.68 Å². The molecule has 1 atom stereocenters. The summed E-state index contributed by atoms with van der Waals surface area (Å²) in [5.41, 5.74) is 7.54. The molecule has 2 aromatic heterocycles. The summed E-state index contributed by atoms with van der Waals surface area (Å²) in [6.07, 6.45) is -0.979. The standard InChI is InChI=1S/C22H21N3O4S/c26-21-18(14-4-2-1-3-5-14)11-16(10-17-13-24(22(27)28)7-8-29-17)19-20-15(6-9-30-20)12-23-25(19)21/h1-6,9,11,17,23H,7-8,10,12-13H2,(H,27,28)/p-1. The van der Waals surface area contributed by atoms with Crippen molar-refractivity contribution >= 4 is 17.4 Å². The van der Waals surface area contributed by atoms with E-state index in [1.165, 1.54) is 4.90 Å². The molecule has 1 N–H and O–H groups in total. The van der Waals surface area contributed by atoms with Crippen LogP contribution in [0.4, 0.5) is 4.79 Å². The van der Waals surface area contributed by atoms with E-state index in [0.717, 1.165) is 27.3 Å². The number of morpholine rings is 1. The average molecular weight is 422 g/mol. The van der Waals surface area contributed by atoms with E-state index in [1.807, 2.05) is 41.8 Å². The number of benzene rings is 1. The van der Waals surface area contributed by atoms with Crippen molar-refractivity contribution in [2.75, 3.05) is 25.1 Å². The molecule has 1 fully saturated rings. The van der Waals surface area contributed by atoms with Crippen LogP contribution in [-0.2, 0) is 17.7 Å². The monoisotopic (exact) mass is 422 g/mol. The minimum absolute atomic E-state index is 0.0973. The van der Waals surface area contributed by atoms with Gasteiger partial charge in [0.25, 0.3) is 5.56 Å². The van der Waals surface area contributed by atoms with E-state index < -0.39 is 6.09 Å². The number of hydrogen-bond donors (Lipinski definition) is 1. The first kappa shape index (κ1) is 18.9. The number of pyridine rings is 1. The molecule has 0 saturated carbocycles. The van der Waals surface area contributed by atoms with Crippen molar-refractivity contribution in [2.45, 2.75) is 19.1 Å². The maximum Gasteiger partial charge on any atom is 0.277 e. The van der Waals surface area contributed by atoms with Gasteiger partial charge in [-0.3, -0.25) is 4.79 Å². The summed E-state index contributed by atoms with van der Waals surface area (Å²) < 4.78 is 7.50. The van der Waals surface area contributed by atoms with E-state index in [0.29, 0.717) is 31.7 Å². The van der Waals surface area contributed by atoms with E-state index >= 15 is 0 Å². The Kier molecular flexibility index (Phi) is 4.80. The number of fused-ring (bicyclic) bond motifs is 3. The molecule has 1 aromatic carbocycles. The summed E-state index contributed by atoms with van der Waals surface area (Å²) in [6.45, 7) is 1.49. The first-order valence-electron chi connectivity index (χ1n) is 9.84. The molecule has 1 amide bonds. The first-order valence-corrected chi connectivity index (χ1v) is 10.7. The summed E-state index contributed by atoms with van der Waals surface area (Å²) in [4.78, 5) is 27.0. The molecule has 0 spiro atoms. The fraction of sp³-hybridized carbons (Fsp3) is 0.273. The zero-order chi connectivity index (χ0) is 20.7. The van der Waals surface area contributed by atoms with Crippen LogP contribution in [-0.4, -0.2) is 41.5 Å². The second-order valence-corrected chi connectivity index (χ2v) is 8.37. The smallest absolute Gasteiger partial charge is 0.277 e. The summed E-state index contributed by atoms with van der Waals surface area (Å²) in [5.74, 6) is 0. The van der Waals surface area contributed by atoms with Crippen molar-refractivity contribution < 1.29 is 14.6 Å². The molecule has 3 aromatic rings. The molecular formula is C22H20N3O4S-. The van der Waals surface area contributed by atoms with Gasteiger partial charge in [-0.1, -0.05) is 30.3 Å². The molecular weight excluding hydrogens is 402 g/mol. The molecule has 30 heavy (non-hydrogen) atoms. The van der Waals surface area contributed by atoms with Gasteiger partial charge in [-0.05, 0) is 34.2 Å². The fourth-order valence-corrected chi connectivity index (χ4v) is 5.14. The van der Waals surface area contributed by atoms with E-state index in [-0.39, 0.29) is 18.2 Å². The number of nitrogens with one attached hydrogen (secondary N) is 1. The summed E-state index contributed by atoms with van der Waals surface area (Å²) in [7, 11) is 0. The van der Waals surface area contributed by atoms with E-state index in [9.17, 15) is 14.7 Å². The van der Waals surface area contributed by atoms with E-state index in [4.69, 9.17) is 4.74 Å². The predicted molar refractivity (Wildman–Crippen MR) is 113 cm³/mol.